The van der Waals surface area contributed by atoms with Crippen LogP contribution in [0.4, 0.5) is 0 Å². The summed E-state index contributed by atoms with van der Waals surface area (Å²) in [6.45, 7) is 5.92. The fourth-order valence-corrected chi connectivity index (χ4v) is 7.45. The Hall–Kier alpha value is -1.49. The highest BCUT2D eigenvalue weighted by Gasteiger charge is 2.32. The molecule has 0 N–H and O–H groups in total. The first-order valence-corrected chi connectivity index (χ1v) is 13.5. The third-order valence-corrected chi connectivity index (χ3v) is 10.0. The molecule has 2 heterocycles. The SMILES string of the molecule is CC(C)CS(=O)(=O)C1CCN(C(=O)c2ccc(S(=O)(=O)N3CCOCC3)cc2)CC1. The lowest BCUT2D eigenvalue weighted by Gasteiger charge is -2.32. The van der Waals surface area contributed by atoms with E-state index in [2.05, 4.69) is 0 Å². The van der Waals surface area contributed by atoms with Crippen LogP contribution < -0.4 is 0 Å². The van der Waals surface area contributed by atoms with E-state index in [4.69, 9.17) is 4.74 Å². The molecule has 1 amide bonds. The molecule has 1 aromatic carbocycles. The van der Waals surface area contributed by atoms with Gasteiger partial charge in [-0.3, -0.25) is 4.79 Å². The maximum absolute atomic E-state index is 12.8. The summed E-state index contributed by atoms with van der Waals surface area (Å²) in [5.41, 5.74) is 0.402. The van der Waals surface area contributed by atoms with E-state index in [-0.39, 0.29) is 22.5 Å². The van der Waals surface area contributed by atoms with Crippen molar-refractivity contribution >= 4 is 25.8 Å². The van der Waals surface area contributed by atoms with Crippen molar-refractivity contribution in [1.29, 1.82) is 0 Å². The Kier molecular flexibility index (Phi) is 7.21. The molecule has 1 aromatic rings. The summed E-state index contributed by atoms with van der Waals surface area (Å²) in [7, 11) is -6.75. The van der Waals surface area contributed by atoms with Crippen LogP contribution in [0.1, 0.15) is 37.0 Å². The van der Waals surface area contributed by atoms with E-state index in [0.29, 0.717) is 57.8 Å². The van der Waals surface area contributed by atoms with E-state index in [1.807, 2.05) is 13.8 Å². The minimum Gasteiger partial charge on any atom is -0.379 e. The summed E-state index contributed by atoms with van der Waals surface area (Å²) < 4.78 is 56.8. The molecule has 30 heavy (non-hydrogen) atoms. The number of piperidine rings is 1. The van der Waals surface area contributed by atoms with Crippen molar-refractivity contribution in [3.05, 3.63) is 29.8 Å². The van der Waals surface area contributed by atoms with Crippen LogP contribution in [0.5, 0.6) is 0 Å². The highest BCUT2D eigenvalue weighted by molar-refractivity contribution is 7.92. The van der Waals surface area contributed by atoms with E-state index < -0.39 is 25.1 Å². The number of rotatable bonds is 6. The molecule has 10 heteroatoms. The smallest absolute Gasteiger partial charge is 0.253 e. The molecule has 0 unspecified atom stereocenters. The highest BCUT2D eigenvalue weighted by atomic mass is 32.2. The second-order valence-electron chi connectivity index (χ2n) is 8.26. The predicted octanol–water partition coefficient (Wildman–Crippen LogP) is 1.38. The summed E-state index contributed by atoms with van der Waals surface area (Å²) in [5.74, 6) is 0.0528. The molecular formula is C20H30N2O6S2. The standard InChI is InChI=1S/C20H30N2O6S2/c1-16(2)15-29(24,25)18-7-9-21(10-8-18)20(23)17-3-5-19(6-4-17)30(26,27)22-11-13-28-14-12-22/h3-6,16,18H,7-15H2,1-2H3. The average Bonchev–Trinajstić information content (AvgIpc) is 2.73. The quantitative estimate of drug-likeness (QED) is 0.638. The van der Waals surface area contributed by atoms with Gasteiger partial charge in [0.2, 0.25) is 10.0 Å². The number of morpholine rings is 1. The van der Waals surface area contributed by atoms with Crippen molar-refractivity contribution in [2.45, 2.75) is 36.8 Å². The number of sulfone groups is 1. The fraction of sp³-hybridized carbons (Fsp3) is 0.650. The second-order valence-corrected chi connectivity index (χ2v) is 12.5. The first-order chi connectivity index (χ1) is 14.1. The minimum absolute atomic E-state index is 0.0851. The predicted molar refractivity (Wildman–Crippen MR) is 114 cm³/mol. The van der Waals surface area contributed by atoms with Crippen LogP contribution in [0.25, 0.3) is 0 Å². The van der Waals surface area contributed by atoms with Gasteiger partial charge in [0.25, 0.3) is 5.91 Å². The molecule has 0 aromatic heterocycles. The molecular weight excluding hydrogens is 428 g/mol. The summed E-state index contributed by atoms with van der Waals surface area (Å²) in [6, 6.07) is 5.96. The molecule has 8 nitrogen and oxygen atoms in total. The van der Waals surface area contributed by atoms with Gasteiger partial charge in [-0.2, -0.15) is 4.31 Å². The number of amides is 1. The maximum atomic E-state index is 12.8. The molecule has 0 bridgehead atoms. The van der Waals surface area contributed by atoms with Gasteiger partial charge < -0.3 is 9.64 Å². The topological polar surface area (TPSA) is 101 Å². The van der Waals surface area contributed by atoms with Gasteiger partial charge in [-0.15, -0.1) is 0 Å². The van der Waals surface area contributed by atoms with E-state index in [0.717, 1.165) is 0 Å². The molecule has 2 aliphatic heterocycles. The Bertz CT molecular complexity index is 944. The number of hydrogen-bond acceptors (Lipinski definition) is 6. The van der Waals surface area contributed by atoms with E-state index in [1.54, 1.807) is 4.90 Å². The number of ether oxygens (including phenoxy) is 1. The van der Waals surface area contributed by atoms with Crippen LogP contribution in [0.15, 0.2) is 29.2 Å². The summed E-state index contributed by atoms with van der Waals surface area (Å²) in [6.07, 6.45) is 0.870. The molecule has 2 fully saturated rings. The normalized spacial score (nSPS) is 19.9. The first kappa shape index (κ1) is 23.2. The number of carbonyl (C=O) groups excluding carboxylic acids is 1. The molecule has 0 aliphatic carbocycles. The van der Waals surface area contributed by atoms with Gasteiger partial charge in [-0.1, -0.05) is 13.8 Å². The number of sulfonamides is 1. The Labute approximate surface area is 179 Å². The lowest BCUT2D eigenvalue weighted by molar-refractivity contribution is 0.0725. The third kappa shape index (κ3) is 5.22. The van der Waals surface area contributed by atoms with Crippen LogP contribution in [-0.4, -0.2) is 82.3 Å². The highest BCUT2D eigenvalue weighted by Crippen LogP contribution is 2.23. The van der Waals surface area contributed by atoms with E-state index >= 15 is 0 Å². The van der Waals surface area contributed by atoms with Crippen molar-refractivity contribution < 1.29 is 26.4 Å². The molecule has 3 rings (SSSR count). The van der Waals surface area contributed by atoms with E-state index in [1.165, 1.54) is 28.6 Å². The van der Waals surface area contributed by atoms with Crippen LogP contribution in [0.2, 0.25) is 0 Å². The molecule has 168 valence electrons. The Morgan fingerprint density at radius 2 is 1.57 bits per heavy atom. The van der Waals surface area contributed by atoms with Crippen molar-refractivity contribution in [3.63, 3.8) is 0 Å². The third-order valence-electron chi connectivity index (χ3n) is 5.51. The zero-order valence-electron chi connectivity index (χ0n) is 17.5. The molecule has 0 radical (unpaired) electrons. The Morgan fingerprint density at radius 3 is 2.10 bits per heavy atom. The molecule has 2 aliphatic rings. The lowest BCUT2D eigenvalue weighted by atomic mass is 10.1. The minimum atomic E-state index is -3.60. The lowest BCUT2D eigenvalue weighted by Crippen LogP contribution is -2.43. The zero-order valence-corrected chi connectivity index (χ0v) is 19.1. The molecule has 2 saturated heterocycles. The summed E-state index contributed by atoms with van der Waals surface area (Å²) in [4.78, 5) is 14.6. The van der Waals surface area contributed by atoms with E-state index in [9.17, 15) is 21.6 Å². The zero-order chi connectivity index (χ0) is 21.9. The average molecular weight is 459 g/mol. The van der Waals surface area contributed by atoms with Gasteiger partial charge in [0.1, 0.15) is 0 Å². The summed E-state index contributed by atoms with van der Waals surface area (Å²) in [5, 5.41) is -0.398. The Balaban J connectivity index is 1.63. The van der Waals surface area contributed by atoms with Crippen LogP contribution >= 0.6 is 0 Å². The molecule has 0 spiro atoms. The van der Waals surface area contributed by atoms with Gasteiger partial charge in [0.05, 0.1) is 29.1 Å². The van der Waals surface area contributed by atoms with Crippen molar-refractivity contribution in [2.24, 2.45) is 5.92 Å². The van der Waals surface area contributed by atoms with Crippen molar-refractivity contribution in [3.8, 4) is 0 Å². The fourth-order valence-electron chi connectivity index (χ4n) is 3.91. The largest absolute Gasteiger partial charge is 0.379 e. The van der Waals surface area contributed by atoms with Crippen LogP contribution in [0, 0.1) is 5.92 Å². The number of hydrogen-bond donors (Lipinski definition) is 0. The number of carbonyl (C=O) groups is 1. The number of benzene rings is 1. The summed E-state index contributed by atoms with van der Waals surface area (Å²) >= 11 is 0. The maximum Gasteiger partial charge on any atom is 0.253 e. The second kappa shape index (κ2) is 9.33. The van der Waals surface area contributed by atoms with Crippen LogP contribution in [-0.2, 0) is 24.6 Å². The van der Waals surface area contributed by atoms with Crippen LogP contribution in [0.3, 0.4) is 0 Å². The van der Waals surface area contributed by atoms with Gasteiger partial charge in [0.15, 0.2) is 9.84 Å². The number of nitrogens with zero attached hydrogens (tertiary/aromatic N) is 2. The van der Waals surface area contributed by atoms with Crippen molar-refractivity contribution in [1.82, 2.24) is 9.21 Å². The monoisotopic (exact) mass is 458 g/mol. The number of likely N-dealkylation sites (tertiary alicyclic amines) is 1. The van der Waals surface area contributed by atoms with Gasteiger partial charge in [-0.05, 0) is 43.0 Å². The van der Waals surface area contributed by atoms with Gasteiger partial charge >= 0.3 is 0 Å². The van der Waals surface area contributed by atoms with Gasteiger partial charge in [0, 0.05) is 31.7 Å². The Morgan fingerprint density at radius 1 is 1.00 bits per heavy atom. The first-order valence-electron chi connectivity index (χ1n) is 10.3. The van der Waals surface area contributed by atoms with Gasteiger partial charge in [-0.25, -0.2) is 16.8 Å². The van der Waals surface area contributed by atoms with Crippen molar-refractivity contribution in [2.75, 3.05) is 45.1 Å². The molecule has 0 atom stereocenters. The molecule has 0 saturated carbocycles.